The van der Waals surface area contributed by atoms with E-state index in [9.17, 15) is 29.8 Å². The van der Waals surface area contributed by atoms with Crippen LogP contribution < -0.4 is 15.0 Å². The second-order valence-corrected chi connectivity index (χ2v) is 6.23. The van der Waals surface area contributed by atoms with Crippen molar-refractivity contribution < 1.29 is 24.2 Å². The van der Waals surface area contributed by atoms with Gasteiger partial charge in [0.25, 0.3) is 23.2 Å². The van der Waals surface area contributed by atoms with Gasteiger partial charge in [-0.25, -0.2) is 0 Å². The highest BCUT2D eigenvalue weighted by Crippen LogP contribution is 2.36. The van der Waals surface area contributed by atoms with E-state index in [1.54, 1.807) is 17.9 Å². The number of likely N-dealkylation sites (N-methyl/N-ethyl adjacent to an activating group) is 1. The van der Waals surface area contributed by atoms with Crippen molar-refractivity contribution in [1.82, 2.24) is 0 Å². The average molecular weight is 400 g/mol. The average Bonchev–Trinajstić information content (AvgIpc) is 2.68. The number of rotatable bonds is 5. The van der Waals surface area contributed by atoms with Crippen molar-refractivity contribution in [2.24, 2.45) is 0 Å². The molecular weight excluding hydrogens is 384 g/mol. The van der Waals surface area contributed by atoms with Crippen molar-refractivity contribution in [1.29, 1.82) is 0 Å². The number of nitro benzene ring substituents is 2. The summed E-state index contributed by atoms with van der Waals surface area (Å²) < 4.78 is 5.58. The van der Waals surface area contributed by atoms with Gasteiger partial charge in [-0.2, -0.15) is 0 Å². The third kappa shape index (κ3) is 3.83. The van der Waals surface area contributed by atoms with E-state index in [2.05, 4.69) is 5.32 Å². The number of nitrogens with zero attached hydrogens (tertiary/aromatic N) is 3. The van der Waals surface area contributed by atoms with Gasteiger partial charge in [0.2, 0.25) is 0 Å². The number of ether oxygens (including phenoxy) is 1. The summed E-state index contributed by atoms with van der Waals surface area (Å²) in [5.74, 6) is -0.550. The lowest BCUT2D eigenvalue weighted by molar-refractivity contribution is -0.394. The quantitative estimate of drug-likeness (QED) is 0.600. The van der Waals surface area contributed by atoms with E-state index in [1.807, 2.05) is 6.92 Å². The number of nitro groups is 2. The zero-order valence-electron chi connectivity index (χ0n) is 15.4. The second kappa shape index (κ2) is 7.54. The van der Waals surface area contributed by atoms with E-state index in [4.69, 9.17) is 4.74 Å². The lowest BCUT2D eigenvalue weighted by Crippen LogP contribution is -2.44. The minimum absolute atomic E-state index is 0.180. The summed E-state index contributed by atoms with van der Waals surface area (Å²) in [6, 6.07) is 7.35. The van der Waals surface area contributed by atoms with Crippen LogP contribution in [0.2, 0.25) is 0 Å². The third-order valence-corrected chi connectivity index (χ3v) is 4.33. The maximum Gasteiger partial charge on any atom is 0.277 e. The summed E-state index contributed by atoms with van der Waals surface area (Å²) in [5.41, 5.74) is -0.503. The largest absolute Gasteiger partial charge is 0.479 e. The van der Waals surface area contributed by atoms with Gasteiger partial charge in [0.1, 0.15) is 5.75 Å². The van der Waals surface area contributed by atoms with Gasteiger partial charge in [0.15, 0.2) is 6.10 Å². The molecule has 0 spiro atoms. The molecular formula is C18H16N4O7. The van der Waals surface area contributed by atoms with Crippen LogP contribution in [0.15, 0.2) is 36.4 Å². The molecule has 29 heavy (non-hydrogen) atoms. The van der Waals surface area contributed by atoms with Crippen LogP contribution in [0.4, 0.5) is 22.7 Å². The van der Waals surface area contributed by atoms with Crippen molar-refractivity contribution in [3.63, 3.8) is 0 Å². The molecule has 2 amide bonds. The Hall–Kier alpha value is -4.02. The van der Waals surface area contributed by atoms with Crippen LogP contribution in [0, 0.1) is 20.2 Å². The third-order valence-electron chi connectivity index (χ3n) is 4.33. The Labute approximate surface area is 164 Å². The first-order chi connectivity index (χ1) is 13.7. The maximum absolute atomic E-state index is 12.5. The maximum atomic E-state index is 12.5. The molecule has 11 nitrogen and oxygen atoms in total. The van der Waals surface area contributed by atoms with Crippen LogP contribution in [0.1, 0.15) is 24.2 Å². The van der Waals surface area contributed by atoms with Crippen molar-refractivity contribution in [3.05, 3.63) is 62.2 Å². The molecule has 0 saturated heterocycles. The molecule has 1 N–H and O–H groups in total. The molecule has 0 aromatic heterocycles. The predicted octanol–water partition coefficient (Wildman–Crippen LogP) is 2.89. The number of carbonyl (C=O) groups is 2. The number of carbonyl (C=O) groups excluding carboxylic acids is 2. The Balaban J connectivity index is 1.90. The molecule has 0 saturated carbocycles. The molecule has 150 valence electrons. The van der Waals surface area contributed by atoms with Gasteiger partial charge >= 0.3 is 0 Å². The van der Waals surface area contributed by atoms with Gasteiger partial charge in [-0.15, -0.1) is 0 Å². The molecule has 11 heteroatoms. The number of hydrogen-bond donors (Lipinski definition) is 1. The predicted molar refractivity (Wildman–Crippen MR) is 102 cm³/mol. The SMILES string of the molecule is CCN1C(=O)C(C)Oc2cc(NC(=O)c3cc([N+](=O)[O-])cc([N+](=O)[O-])c3)ccc21. The fourth-order valence-electron chi connectivity index (χ4n) is 2.95. The number of non-ortho nitro benzene ring substituents is 2. The number of fused-ring (bicyclic) bond motifs is 1. The van der Waals surface area contributed by atoms with Crippen molar-refractivity contribution in [2.45, 2.75) is 20.0 Å². The van der Waals surface area contributed by atoms with E-state index < -0.39 is 33.2 Å². The molecule has 1 heterocycles. The summed E-state index contributed by atoms with van der Waals surface area (Å²) in [6.45, 7) is 3.88. The highest BCUT2D eigenvalue weighted by Gasteiger charge is 2.30. The van der Waals surface area contributed by atoms with Gasteiger partial charge in [0.05, 0.1) is 27.2 Å². The minimum atomic E-state index is -0.811. The molecule has 0 radical (unpaired) electrons. The topological polar surface area (TPSA) is 145 Å². The lowest BCUT2D eigenvalue weighted by Gasteiger charge is -2.32. The number of anilines is 2. The highest BCUT2D eigenvalue weighted by atomic mass is 16.6. The summed E-state index contributed by atoms with van der Waals surface area (Å²) in [4.78, 5) is 46.6. The first kappa shape index (κ1) is 19.7. The summed E-state index contributed by atoms with van der Waals surface area (Å²) in [7, 11) is 0. The Morgan fingerprint density at radius 1 is 1.14 bits per heavy atom. The summed E-state index contributed by atoms with van der Waals surface area (Å²) in [5, 5.41) is 24.5. The molecule has 0 bridgehead atoms. The first-order valence-electron chi connectivity index (χ1n) is 8.58. The Kier molecular flexibility index (Phi) is 5.13. The van der Waals surface area contributed by atoms with Crippen molar-refractivity contribution in [3.8, 4) is 5.75 Å². The second-order valence-electron chi connectivity index (χ2n) is 6.23. The van der Waals surface area contributed by atoms with Crippen molar-refractivity contribution in [2.75, 3.05) is 16.8 Å². The number of amides is 2. The molecule has 2 aromatic carbocycles. The van der Waals surface area contributed by atoms with Crippen LogP contribution in [0.3, 0.4) is 0 Å². The van der Waals surface area contributed by atoms with Crippen LogP contribution in [0.25, 0.3) is 0 Å². The molecule has 1 atom stereocenters. The molecule has 0 fully saturated rings. The minimum Gasteiger partial charge on any atom is -0.479 e. The van der Waals surface area contributed by atoms with E-state index in [-0.39, 0.29) is 11.5 Å². The highest BCUT2D eigenvalue weighted by molar-refractivity contribution is 6.06. The molecule has 1 aliphatic heterocycles. The van der Waals surface area contributed by atoms with E-state index in [0.29, 0.717) is 23.7 Å². The Morgan fingerprint density at radius 2 is 1.76 bits per heavy atom. The number of nitrogens with one attached hydrogen (secondary N) is 1. The monoisotopic (exact) mass is 400 g/mol. The normalized spacial score (nSPS) is 15.3. The van der Waals surface area contributed by atoms with Crippen molar-refractivity contribution >= 4 is 34.6 Å². The van der Waals surface area contributed by atoms with Crippen LogP contribution in [-0.2, 0) is 4.79 Å². The molecule has 0 aliphatic carbocycles. The first-order valence-corrected chi connectivity index (χ1v) is 8.58. The summed E-state index contributed by atoms with van der Waals surface area (Å²) >= 11 is 0. The van der Waals surface area contributed by atoms with Gasteiger partial charge in [-0.3, -0.25) is 29.8 Å². The van der Waals surface area contributed by atoms with E-state index >= 15 is 0 Å². The lowest BCUT2D eigenvalue weighted by atomic mass is 10.1. The standard InChI is InChI=1S/C18H16N4O7/c1-3-20-15-5-4-12(8-16(15)29-10(2)18(20)24)19-17(23)11-6-13(21(25)26)9-14(7-11)22(27)28/h4-10H,3H2,1-2H3,(H,19,23). The van der Waals surface area contributed by atoms with Crippen LogP contribution >= 0.6 is 0 Å². The van der Waals surface area contributed by atoms with Gasteiger partial charge in [0, 0.05) is 30.4 Å². The van der Waals surface area contributed by atoms with Crippen LogP contribution in [-0.4, -0.2) is 34.3 Å². The van der Waals surface area contributed by atoms with Gasteiger partial charge in [-0.1, -0.05) is 0 Å². The summed E-state index contributed by atoms with van der Waals surface area (Å²) in [6.07, 6.45) is -0.687. The molecule has 3 rings (SSSR count). The number of hydrogen-bond acceptors (Lipinski definition) is 7. The van der Waals surface area contributed by atoms with E-state index in [1.165, 1.54) is 12.1 Å². The molecule has 2 aromatic rings. The molecule has 1 unspecified atom stereocenters. The zero-order valence-corrected chi connectivity index (χ0v) is 15.4. The fraction of sp³-hybridized carbons (Fsp3) is 0.222. The Morgan fingerprint density at radius 3 is 2.31 bits per heavy atom. The van der Waals surface area contributed by atoms with Crippen LogP contribution in [0.5, 0.6) is 5.75 Å². The molecule has 1 aliphatic rings. The van der Waals surface area contributed by atoms with Gasteiger partial charge < -0.3 is 15.0 Å². The van der Waals surface area contributed by atoms with Gasteiger partial charge in [-0.05, 0) is 26.0 Å². The smallest absolute Gasteiger partial charge is 0.277 e. The fourth-order valence-corrected chi connectivity index (χ4v) is 2.95. The Bertz CT molecular complexity index is 1000. The van der Waals surface area contributed by atoms with E-state index in [0.717, 1.165) is 18.2 Å². The zero-order chi connectivity index (χ0) is 21.3. The number of benzene rings is 2.